The van der Waals surface area contributed by atoms with Gasteiger partial charge in [-0.3, -0.25) is 4.79 Å². The maximum absolute atomic E-state index is 12.3. The van der Waals surface area contributed by atoms with Gasteiger partial charge in [-0.1, -0.05) is 41.4 Å². The second-order valence-corrected chi connectivity index (χ2v) is 9.07. The number of esters is 1. The van der Waals surface area contributed by atoms with Crippen LogP contribution in [0.4, 0.5) is 0 Å². The SMILES string of the molecule is O=C(CCNS(=O)(=O)c1c(Cl)cccc1Cl)OCc1nc2ccccc2s1. The van der Waals surface area contributed by atoms with Crippen molar-refractivity contribution in [3.63, 3.8) is 0 Å². The zero-order valence-electron chi connectivity index (χ0n) is 13.8. The largest absolute Gasteiger partial charge is 0.458 e. The fourth-order valence-corrected chi connectivity index (χ4v) is 5.35. The second kappa shape index (κ2) is 8.53. The van der Waals surface area contributed by atoms with Crippen LogP contribution in [0, 0.1) is 0 Å². The molecular formula is C17H14Cl2N2O4S2. The van der Waals surface area contributed by atoms with E-state index in [0.717, 1.165) is 10.2 Å². The lowest BCUT2D eigenvalue weighted by Crippen LogP contribution is -2.27. The molecule has 1 aromatic heterocycles. The first-order valence-corrected chi connectivity index (χ1v) is 10.9. The van der Waals surface area contributed by atoms with Gasteiger partial charge < -0.3 is 4.74 Å². The van der Waals surface area contributed by atoms with Crippen molar-refractivity contribution in [1.29, 1.82) is 0 Å². The third-order valence-corrected chi connectivity index (χ3v) is 6.93. The van der Waals surface area contributed by atoms with Crippen LogP contribution in [0.2, 0.25) is 10.0 Å². The van der Waals surface area contributed by atoms with Crippen LogP contribution in [0.1, 0.15) is 11.4 Å². The number of para-hydroxylation sites is 1. The molecule has 0 spiro atoms. The standard InChI is InChI=1S/C17H14Cl2N2O4S2/c18-11-4-3-5-12(19)17(11)27(23,24)20-9-8-16(22)25-10-15-21-13-6-1-2-7-14(13)26-15/h1-7,20H,8-10H2. The third kappa shape index (κ3) is 4.97. The van der Waals surface area contributed by atoms with Gasteiger partial charge in [-0.05, 0) is 24.3 Å². The Morgan fingerprint density at radius 2 is 1.81 bits per heavy atom. The molecule has 2 aromatic carbocycles. The molecule has 0 aliphatic rings. The summed E-state index contributed by atoms with van der Waals surface area (Å²) in [5.41, 5.74) is 0.845. The number of carbonyl (C=O) groups is 1. The maximum atomic E-state index is 12.3. The molecule has 0 saturated carbocycles. The van der Waals surface area contributed by atoms with Crippen molar-refractivity contribution in [2.75, 3.05) is 6.54 Å². The summed E-state index contributed by atoms with van der Waals surface area (Å²) in [6.45, 7) is -0.0934. The van der Waals surface area contributed by atoms with E-state index in [4.69, 9.17) is 27.9 Å². The van der Waals surface area contributed by atoms with Crippen molar-refractivity contribution in [2.24, 2.45) is 0 Å². The van der Waals surface area contributed by atoms with E-state index in [2.05, 4.69) is 9.71 Å². The average Bonchev–Trinajstić information content (AvgIpc) is 3.02. The predicted octanol–water partition coefficient (Wildman–Crippen LogP) is 4.01. The Balaban J connectivity index is 1.52. The van der Waals surface area contributed by atoms with Crippen molar-refractivity contribution < 1.29 is 17.9 Å². The van der Waals surface area contributed by atoms with Gasteiger partial charge >= 0.3 is 5.97 Å². The number of hydrogen-bond acceptors (Lipinski definition) is 6. The summed E-state index contributed by atoms with van der Waals surface area (Å²) in [6.07, 6.45) is -0.133. The summed E-state index contributed by atoms with van der Waals surface area (Å²) in [5, 5.41) is 0.690. The molecule has 0 aliphatic carbocycles. The zero-order chi connectivity index (χ0) is 19.4. The molecule has 0 radical (unpaired) electrons. The van der Waals surface area contributed by atoms with Crippen molar-refractivity contribution in [3.05, 3.63) is 57.5 Å². The maximum Gasteiger partial charge on any atom is 0.307 e. The van der Waals surface area contributed by atoms with Crippen LogP contribution in [0.3, 0.4) is 0 Å². The Labute approximate surface area is 170 Å². The van der Waals surface area contributed by atoms with Gasteiger partial charge in [0.2, 0.25) is 10.0 Å². The second-order valence-electron chi connectivity index (χ2n) is 5.43. The van der Waals surface area contributed by atoms with Crippen LogP contribution < -0.4 is 4.72 Å². The van der Waals surface area contributed by atoms with Gasteiger partial charge in [0.25, 0.3) is 0 Å². The lowest BCUT2D eigenvalue weighted by Gasteiger charge is -2.09. The summed E-state index contributed by atoms with van der Waals surface area (Å²) >= 11 is 13.2. The summed E-state index contributed by atoms with van der Waals surface area (Å²) < 4.78 is 33.0. The van der Waals surface area contributed by atoms with Crippen LogP contribution in [0.25, 0.3) is 10.2 Å². The number of fused-ring (bicyclic) bond motifs is 1. The van der Waals surface area contributed by atoms with Gasteiger partial charge in [0.05, 0.1) is 26.7 Å². The van der Waals surface area contributed by atoms with Crippen LogP contribution in [-0.2, 0) is 26.2 Å². The lowest BCUT2D eigenvalue weighted by molar-refractivity contribution is -0.144. The highest BCUT2D eigenvalue weighted by atomic mass is 35.5. The van der Waals surface area contributed by atoms with E-state index in [0.29, 0.717) is 5.01 Å². The number of aromatic nitrogens is 1. The predicted molar refractivity (Wildman–Crippen MR) is 106 cm³/mol. The summed E-state index contributed by atoms with van der Waals surface area (Å²) in [7, 11) is -3.93. The molecule has 6 nitrogen and oxygen atoms in total. The molecule has 10 heteroatoms. The molecule has 0 atom stereocenters. The first kappa shape index (κ1) is 20.0. The fraction of sp³-hybridized carbons (Fsp3) is 0.176. The van der Waals surface area contributed by atoms with Gasteiger partial charge in [-0.2, -0.15) is 0 Å². The first-order valence-electron chi connectivity index (χ1n) is 7.80. The van der Waals surface area contributed by atoms with Gasteiger partial charge in [-0.15, -0.1) is 11.3 Å². The number of nitrogens with one attached hydrogen (secondary N) is 1. The Bertz CT molecular complexity index is 1030. The molecule has 27 heavy (non-hydrogen) atoms. The topological polar surface area (TPSA) is 85.4 Å². The Kier molecular flexibility index (Phi) is 6.33. The number of hydrogen-bond donors (Lipinski definition) is 1. The smallest absolute Gasteiger partial charge is 0.307 e. The monoisotopic (exact) mass is 444 g/mol. The molecule has 0 unspecified atom stereocenters. The summed E-state index contributed by atoms with van der Waals surface area (Å²) in [6, 6.07) is 12.0. The van der Waals surface area contributed by atoms with E-state index in [1.165, 1.54) is 23.5 Å². The molecule has 3 rings (SSSR count). The van der Waals surface area contributed by atoms with E-state index in [1.807, 2.05) is 24.3 Å². The van der Waals surface area contributed by atoms with E-state index in [9.17, 15) is 13.2 Å². The molecule has 0 saturated heterocycles. The molecule has 0 aliphatic heterocycles. The molecular weight excluding hydrogens is 431 g/mol. The molecule has 0 bridgehead atoms. The Hall–Kier alpha value is -1.71. The molecule has 1 N–H and O–H groups in total. The van der Waals surface area contributed by atoms with Crippen molar-refractivity contribution in [1.82, 2.24) is 9.71 Å². The van der Waals surface area contributed by atoms with E-state index in [-0.39, 0.29) is 34.5 Å². The number of thiazole rings is 1. The summed E-state index contributed by atoms with van der Waals surface area (Å²) in [5.74, 6) is -0.540. The van der Waals surface area contributed by atoms with Gasteiger partial charge in [0.15, 0.2) is 0 Å². The van der Waals surface area contributed by atoms with Gasteiger partial charge in [0.1, 0.15) is 16.5 Å². The number of sulfonamides is 1. The molecule has 142 valence electrons. The molecule has 0 amide bonds. The van der Waals surface area contributed by atoms with Gasteiger partial charge in [-0.25, -0.2) is 18.1 Å². The van der Waals surface area contributed by atoms with Crippen molar-refractivity contribution >= 4 is 60.7 Å². The number of benzene rings is 2. The first-order chi connectivity index (χ1) is 12.9. The number of nitrogens with zero attached hydrogens (tertiary/aromatic N) is 1. The zero-order valence-corrected chi connectivity index (χ0v) is 17.0. The molecule has 1 heterocycles. The number of rotatable bonds is 7. The average molecular weight is 445 g/mol. The van der Waals surface area contributed by atoms with E-state index < -0.39 is 16.0 Å². The normalized spacial score (nSPS) is 11.6. The number of halogens is 2. The quantitative estimate of drug-likeness (QED) is 0.556. The number of ether oxygens (including phenoxy) is 1. The summed E-state index contributed by atoms with van der Waals surface area (Å²) in [4.78, 5) is 16.0. The van der Waals surface area contributed by atoms with E-state index >= 15 is 0 Å². The Morgan fingerprint density at radius 1 is 1.11 bits per heavy atom. The third-order valence-electron chi connectivity index (χ3n) is 3.50. The molecule has 3 aromatic rings. The molecule has 0 fully saturated rings. The van der Waals surface area contributed by atoms with Gasteiger partial charge in [0, 0.05) is 6.54 Å². The fourth-order valence-electron chi connectivity index (χ4n) is 2.29. The van der Waals surface area contributed by atoms with Crippen LogP contribution in [0.15, 0.2) is 47.4 Å². The van der Waals surface area contributed by atoms with Crippen LogP contribution >= 0.6 is 34.5 Å². The van der Waals surface area contributed by atoms with Crippen LogP contribution in [0.5, 0.6) is 0 Å². The van der Waals surface area contributed by atoms with E-state index in [1.54, 1.807) is 6.07 Å². The highest BCUT2D eigenvalue weighted by Gasteiger charge is 2.21. The minimum absolute atomic E-state index is 0.00779. The highest BCUT2D eigenvalue weighted by molar-refractivity contribution is 7.89. The number of carbonyl (C=O) groups excluding carboxylic acids is 1. The Morgan fingerprint density at radius 3 is 2.52 bits per heavy atom. The van der Waals surface area contributed by atoms with Crippen molar-refractivity contribution in [3.8, 4) is 0 Å². The lowest BCUT2D eigenvalue weighted by atomic mass is 10.3. The van der Waals surface area contributed by atoms with Crippen LogP contribution in [-0.4, -0.2) is 25.9 Å². The van der Waals surface area contributed by atoms with Crippen molar-refractivity contribution in [2.45, 2.75) is 17.9 Å². The highest BCUT2D eigenvalue weighted by Crippen LogP contribution is 2.28. The minimum atomic E-state index is -3.93. The minimum Gasteiger partial charge on any atom is -0.458 e.